The number of carbonyl (C=O) groups excluding carboxylic acids is 2. The van der Waals surface area contributed by atoms with Crippen molar-refractivity contribution in [3.8, 4) is 5.75 Å². The van der Waals surface area contributed by atoms with Gasteiger partial charge in [0.05, 0.1) is 14.2 Å². The minimum absolute atomic E-state index is 0.0631. The first-order valence-corrected chi connectivity index (χ1v) is 9.84. The second kappa shape index (κ2) is 10.4. The maximum Gasteiger partial charge on any atom is 0.287 e. The number of quaternary nitrogens is 1. The molecule has 0 fully saturated rings. The Morgan fingerprint density at radius 2 is 1.65 bits per heavy atom. The van der Waals surface area contributed by atoms with Gasteiger partial charge in [0.25, 0.3) is 11.8 Å². The molecule has 2 amide bonds. The molecule has 0 saturated heterocycles. The zero-order valence-corrected chi connectivity index (χ0v) is 17.4. The summed E-state index contributed by atoms with van der Waals surface area (Å²) >= 11 is 0. The van der Waals surface area contributed by atoms with Crippen molar-refractivity contribution in [3.05, 3.63) is 90.2 Å². The van der Waals surface area contributed by atoms with Crippen molar-refractivity contribution in [1.82, 2.24) is 0 Å². The zero-order chi connectivity index (χ0) is 22.2. The molecule has 0 aliphatic heterocycles. The van der Waals surface area contributed by atoms with E-state index in [9.17, 15) is 14.0 Å². The second-order valence-electron chi connectivity index (χ2n) is 7.14. The summed E-state index contributed by atoms with van der Waals surface area (Å²) in [5.74, 6) is -0.264. The van der Waals surface area contributed by atoms with Gasteiger partial charge in [-0.1, -0.05) is 36.4 Å². The van der Waals surface area contributed by atoms with Crippen LogP contribution in [0.3, 0.4) is 0 Å². The SMILES string of the molecule is COc1cccc(NC(=O)C[NH+](C)[C@@H](C(=O)Nc2ccc(F)cc2)c2ccccc2)c1. The fourth-order valence-corrected chi connectivity index (χ4v) is 3.31. The number of rotatable bonds is 8. The molecule has 31 heavy (non-hydrogen) atoms. The van der Waals surface area contributed by atoms with E-state index in [0.717, 1.165) is 5.56 Å². The van der Waals surface area contributed by atoms with Crippen LogP contribution in [0.25, 0.3) is 0 Å². The van der Waals surface area contributed by atoms with E-state index in [1.807, 2.05) is 30.3 Å². The van der Waals surface area contributed by atoms with Gasteiger partial charge >= 0.3 is 0 Å². The highest BCUT2D eigenvalue weighted by Crippen LogP contribution is 2.17. The van der Waals surface area contributed by atoms with Crippen LogP contribution in [0.15, 0.2) is 78.9 Å². The highest BCUT2D eigenvalue weighted by molar-refractivity contribution is 5.95. The summed E-state index contributed by atoms with van der Waals surface area (Å²) in [6, 6.07) is 21.2. The molecule has 6 nitrogen and oxygen atoms in total. The Hall–Kier alpha value is -3.71. The molecular weight excluding hydrogens is 397 g/mol. The summed E-state index contributed by atoms with van der Waals surface area (Å²) in [7, 11) is 3.34. The topological polar surface area (TPSA) is 71.9 Å². The van der Waals surface area contributed by atoms with Gasteiger partial charge in [0.2, 0.25) is 0 Å². The lowest BCUT2D eigenvalue weighted by atomic mass is 10.0. The molecule has 0 aliphatic carbocycles. The molecule has 3 aromatic rings. The third kappa shape index (κ3) is 6.13. The molecule has 7 heteroatoms. The van der Waals surface area contributed by atoms with E-state index >= 15 is 0 Å². The summed E-state index contributed by atoms with van der Waals surface area (Å²) < 4.78 is 18.4. The maximum absolute atomic E-state index is 13.2. The average molecular weight is 422 g/mol. The predicted octanol–water partition coefficient (Wildman–Crippen LogP) is 2.67. The molecule has 0 aromatic heterocycles. The summed E-state index contributed by atoms with van der Waals surface area (Å²) in [4.78, 5) is 26.4. The van der Waals surface area contributed by atoms with Crippen LogP contribution < -0.4 is 20.3 Å². The second-order valence-corrected chi connectivity index (χ2v) is 7.14. The van der Waals surface area contributed by atoms with Crippen LogP contribution in [0.4, 0.5) is 15.8 Å². The van der Waals surface area contributed by atoms with Crippen molar-refractivity contribution < 1.29 is 23.6 Å². The van der Waals surface area contributed by atoms with Gasteiger partial charge < -0.3 is 20.3 Å². The number of ether oxygens (including phenoxy) is 1. The highest BCUT2D eigenvalue weighted by atomic mass is 19.1. The van der Waals surface area contributed by atoms with Crippen LogP contribution >= 0.6 is 0 Å². The average Bonchev–Trinajstić information content (AvgIpc) is 2.76. The van der Waals surface area contributed by atoms with Gasteiger partial charge in [-0.15, -0.1) is 0 Å². The number of nitrogens with one attached hydrogen (secondary N) is 3. The van der Waals surface area contributed by atoms with Crippen LogP contribution in [-0.2, 0) is 9.59 Å². The lowest BCUT2D eigenvalue weighted by Crippen LogP contribution is -3.11. The van der Waals surface area contributed by atoms with E-state index in [1.54, 1.807) is 38.4 Å². The molecular formula is C24H25FN3O3+. The Bertz CT molecular complexity index is 1030. The zero-order valence-electron chi connectivity index (χ0n) is 17.4. The molecule has 0 heterocycles. The number of halogens is 1. The first kappa shape index (κ1) is 22.0. The van der Waals surface area contributed by atoms with E-state index in [0.29, 0.717) is 22.0 Å². The number of anilines is 2. The fraction of sp³-hybridized carbons (Fsp3) is 0.167. The minimum atomic E-state index is -0.637. The normalized spacial score (nSPS) is 12.5. The van der Waals surface area contributed by atoms with E-state index in [-0.39, 0.29) is 24.2 Å². The van der Waals surface area contributed by atoms with Crippen molar-refractivity contribution in [1.29, 1.82) is 0 Å². The smallest absolute Gasteiger partial charge is 0.287 e. The molecule has 1 unspecified atom stereocenters. The molecule has 0 saturated carbocycles. The molecule has 160 valence electrons. The van der Waals surface area contributed by atoms with Gasteiger partial charge in [0.15, 0.2) is 12.6 Å². The Labute approximate surface area is 180 Å². The molecule has 0 aliphatic rings. The third-order valence-corrected chi connectivity index (χ3v) is 4.79. The van der Waals surface area contributed by atoms with Gasteiger partial charge in [-0.05, 0) is 36.4 Å². The van der Waals surface area contributed by atoms with Crippen LogP contribution in [0.2, 0.25) is 0 Å². The number of hydrogen-bond acceptors (Lipinski definition) is 3. The molecule has 3 N–H and O–H groups in total. The van der Waals surface area contributed by atoms with E-state index in [4.69, 9.17) is 4.74 Å². The van der Waals surface area contributed by atoms with Crippen LogP contribution in [0, 0.1) is 5.82 Å². The summed E-state index contributed by atoms with van der Waals surface area (Å²) in [5.41, 5.74) is 1.87. The molecule has 0 radical (unpaired) electrons. The first-order valence-electron chi connectivity index (χ1n) is 9.84. The molecule has 0 spiro atoms. The van der Waals surface area contributed by atoms with Gasteiger partial charge in [-0.2, -0.15) is 0 Å². The van der Waals surface area contributed by atoms with Crippen LogP contribution in [0.5, 0.6) is 5.75 Å². The monoisotopic (exact) mass is 422 g/mol. The Kier molecular flexibility index (Phi) is 7.35. The number of hydrogen-bond donors (Lipinski definition) is 3. The van der Waals surface area contributed by atoms with Gasteiger partial charge in [-0.25, -0.2) is 4.39 Å². The van der Waals surface area contributed by atoms with Crippen molar-refractivity contribution in [3.63, 3.8) is 0 Å². The number of benzene rings is 3. The number of amides is 2. The lowest BCUT2D eigenvalue weighted by molar-refractivity contribution is -0.893. The van der Waals surface area contributed by atoms with Gasteiger partial charge in [-0.3, -0.25) is 9.59 Å². The molecule has 2 atom stereocenters. The number of likely N-dealkylation sites (N-methyl/N-ethyl adjacent to an activating group) is 1. The number of methoxy groups -OCH3 is 1. The third-order valence-electron chi connectivity index (χ3n) is 4.79. The molecule has 0 bridgehead atoms. The first-order chi connectivity index (χ1) is 15.0. The van der Waals surface area contributed by atoms with Crippen molar-refractivity contribution >= 4 is 23.2 Å². The van der Waals surface area contributed by atoms with E-state index in [1.165, 1.54) is 24.3 Å². The minimum Gasteiger partial charge on any atom is -0.497 e. The highest BCUT2D eigenvalue weighted by Gasteiger charge is 2.30. The standard InChI is InChI=1S/C24H24FN3O3/c1-28(16-22(29)26-20-9-6-10-21(15-20)31-2)23(17-7-4-3-5-8-17)24(30)27-19-13-11-18(25)12-14-19/h3-15,23H,16H2,1-2H3,(H,26,29)(H,27,30)/p+1/t23-/m1/s1. The maximum atomic E-state index is 13.2. The summed E-state index contributed by atoms with van der Waals surface area (Å²) in [6.07, 6.45) is 0. The van der Waals surface area contributed by atoms with E-state index < -0.39 is 6.04 Å². The lowest BCUT2D eigenvalue weighted by Gasteiger charge is -2.24. The van der Waals surface area contributed by atoms with E-state index in [2.05, 4.69) is 10.6 Å². The Morgan fingerprint density at radius 3 is 2.32 bits per heavy atom. The predicted molar refractivity (Wildman–Crippen MR) is 118 cm³/mol. The summed E-state index contributed by atoms with van der Waals surface area (Å²) in [5, 5.41) is 5.65. The Morgan fingerprint density at radius 1 is 0.935 bits per heavy atom. The molecule has 3 aromatic carbocycles. The largest absolute Gasteiger partial charge is 0.497 e. The summed E-state index contributed by atoms with van der Waals surface area (Å²) in [6.45, 7) is 0.0631. The number of carbonyl (C=O) groups is 2. The fourth-order valence-electron chi connectivity index (χ4n) is 3.31. The molecule has 3 rings (SSSR count). The quantitative estimate of drug-likeness (QED) is 0.523. The van der Waals surface area contributed by atoms with Crippen LogP contribution in [0.1, 0.15) is 11.6 Å². The Balaban J connectivity index is 1.74. The van der Waals surface area contributed by atoms with Crippen LogP contribution in [-0.4, -0.2) is 32.5 Å². The van der Waals surface area contributed by atoms with Crippen molar-refractivity contribution in [2.24, 2.45) is 0 Å². The van der Waals surface area contributed by atoms with Crippen molar-refractivity contribution in [2.45, 2.75) is 6.04 Å². The van der Waals surface area contributed by atoms with Gasteiger partial charge in [0.1, 0.15) is 11.6 Å². The van der Waals surface area contributed by atoms with Crippen molar-refractivity contribution in [2.75, 3.05) is 31.3 Å². The van der Waals surface area contributed by atoms with Gasteiger partial charge in [0, 0.05) is 23.0 Å².